The number of piperazine rings is 1. The van der Waals surface area contributed by atoms with Crippen LogP contribution in [0.4, 0.5) is 0 Å². The molecular formula is C27H30N2O3S. The van der Waals surface area contributed by atoms with Gasteiger partial charge in [0.25, 0.3) is 0 Å². The molecule has 0 saturated carbocycles. The number of sulfone groups is 1. The van der Waals surface area contributed by atoms with Crippen LogP contribution in [0.1, 0.15) is 29.2 Å². The van der Waals surface area contributed by atoms with Gasteiger partial charge in [0.1, 0.15) is 0 Å². The number of carbonyl (C=O) groups is 1. The summed E-state index contributed by atoms with van der Waals surface area (Å²) in [6.07, 6.45) is 0.0109. The average molecular weight is 463 g/mol. The molecule has 5 nitrogen and oxygen atoms in total. The molecule has 0 bridgehead atoms. The van der Waals surface area contributed by atoms with E-state index in [1.807, 2.05) is 19.1 Å². The van der Waals surface area contributed by atoms with E-state index < -0.39 is 9.84 Å². The van der Waals surface area contributed by atoms with E-state index in [1.165, 1.54) is 11.1 Å². The third-order valence-corrected chi connectivity index (χ3v) is 7.96. The Balaban J connectivity index is 1.38. The van der Waals surface area contributed by atoms with Gasteiger partial charge in [-0.3, -0.25) is 9.69 Å². The summed E-state index contributed by atoms with van der Waals surface area (Å²) >= 11 is 0. The fourth-order valence-corrected chi connectivity index (χ4v) is 5.59. The minimum atomic E-state index is -3.46. The van der Waals surface area contributed by atoms with Crippen LogP contribution >= 0.6 is 0 Å². The third-order valence-electron chi connectivity index (χ3n) is 6.23. The highest BCUT2D eigenvalue weighted by Crippen LogP contribution is 2.29. The van der Waals surface area contributed by atoms with Crippen molar-refractivity contribution in [2.24, 2.45) is 0 Å². The first kappa shape index (κ1) is 23.2. The highest BCUT2D eigenvalue weighted by atomic mass is 32.2. The van der Waals surface area contributed by atoms with Crippen LogP contribution in [0.5, 0.6) is 0 Å². The van der Waals surface area contributed by atoms with E-state index >= 15 is 0 Å². The molecule has 1 aliphatic rings. The Labute approximate surface area is 196 Å². The second-order valence-electron chi connectivity index (χ2n) is 8.52. The first-order chi connectivity index (χ1) is 15.9. The zero-order chi connectivity index (χ0) is 23.3. The molecule has 1 saturated heterocycles. The zero-order valence-electron chi connectivity index (χ0n) is 18.9. The minimum Gasteiger partial charge on any atom is -0.340 e. The van der Waals surface area contributed by atoms with Crippen LogP contribution in [0.2, 0.25) is 0 Å². The van der Waals surface area contributed by atoms with Crippen molar-refractivity contribution >= 4 is 15.7 Å². The molecule has 0 spiro atoms. The molecule has 1 fully saturated rings. The first-order valence-electron chi connectivity index (χ1n) is 11.4. The van der Waals surface area contributed by atoms with Crippen LogP contribution in [0.25, 0.3) is 0 Å². The molecule has 1 heterocycles. The molecule has 3 aromatic carbocycles. The lowest BCUT2D eigenvalue weighted by Gasteiger charge is -2.39. The summed E-state index contributed by atoms with van der Waals surface area (Å²) in [7, 11) is -3.46. The second-order valence-corrected chi connectivity index (χ2v) is 10.6. The summed E-state index contributed by atoms with van der Waals surface area (Å²) in [5.41, 5.74) is 3.47. The summed E-state index contributed by atoms with van der Waals surface area (Å²) in [5.74, 6) is -0.257. The lowest BCUT2D eigenvalue weighted by Crippen LogP contribution is -2.50. The summed E-state index contributed by atoms with van der Waals surface area (Å²) in [6, 6.07) is 27.8. The van der Waals surface area contributed by atoms with Crippen LogP contribution in [-0.4, -0.2) is 56.1 Å². The fourth-order valence-electron chi connectivity index (χ4n) is 4.36. The molecule has 0 N–H and O–H groups in total. The van der Waals surface area contributed by atoms with Gasteiger partial charge in [-0.25, -0.2) is 8.42 Å². The fraction of sp³-hybridized carbons (Fsp3) is 0.296. The van der Waals surface area contributed by atoms with Crippen molar-refractivity contribution in [3.63, 3.8) is 0 Å². The molecule has 33 heavy (non-hydrogen) atoms. The molecule has 0 aliphatic carbocycles. The Morgan fingerprint density at radius 3 is 1.82 bits per heavy atom. The number of hydrogen-bond donors (Lipinski definition) is 0. The van der Waals surface area contributed by atoms with Crippen LogP contribution in [0, 0.1) is 6.92 Å². The van der Waals surface area contributed by atoms with Gasteiger partial charge in [-0.2, -0.15) is 0 Å². The van der Waals surface area contributed by atoms with E-state index in [1.54, 1.807) is 29.2 Å². The lowest BCUT2D eigenvalue weighted by atomic mass is 9.96. The average Bonchev–Trinajstić information content (AvgIpc) is 2.85. The Morgan fingerprint density at radius 2 is 1.30 bits per heavy atom. The van der Waals surface area contributed by atoms with E-state index in [9.17, 15) is 13.2 Å². The Bertz CT molecular complexity index is 1120. The molecule has 1 aliphatic heterocycles. The second kappa shape index (κ2) is 10.3. The first-order valence-corrected chi connectivity index (χ1v) is 13.0. The van der Waals surface area contributed by atoms with Crippen LogP contribution in [0.15, 0.2) is 89.8 Å². The molecule has 3 aromatic rings. The lowest BCUT2D eigenvalue weighted by molar-refractivity contribution is -0.132. The monoisotopic (exact) mass is 462 g/mol. The summed E-state index contributed by atoms with van der Waals surface area (Å²) in [6.45, 7) is 4.59. The number of nitrogens with zero attached hydrogens (tertiary/aromatic N) is 2. The van der Waals surface area contributed by atoms with E-state index in [4.69, 9.17) is 0 Å². The van der Waals surface area contributed by atoms with Crippen molar-refractivity contribution in [2.45, 2.75) is 24.3 Å². The zero-order valence-corrected chi connectivity index (χ0v) is 19.7. The van der Waals surface area contributed by atoms with Gasteiger partial charge in [0.15, 0.2) is 9.84 Å². The highest BCUT2D eigenvalue weighted by Gasteiger charge is 2.28. The van der Waals surface area contributed by atoms with Crippen molar-refractivity contribution in [1.82, 2.24) is 9.80 Å². The normalized spacial score (nSPS) is 15.0. The van der Waals surface area contributed by atoms with Crippen molar-refractivity contribution in [2.75, 3.05) is 31.9 Å². The largest absolute Gasteiger partial charge is 0.340 e. The predicted octanol–water partition coefficient (Wildman–Crippen LogP) is 4.09. The van der Waals surface area contributed by atoms with Crippen molar-refractivity contribution in [1.29, 1.82) is 0 Å². The van der Waals surface area contributed by atoms with Crippen molar-refractivity contribution < 1.29 is 13.2 Å². The van der Waals surface area contributed by atoms with Crippen molar-refractivity contribution in [3.8, 4) is 0 Å². The molecule has 6 heteroatoms. The number of rotatable bonds is 7. The van der Waals surface area contributed by atoms with Gasteiger partial charge in [-0.1, -0.05) is 78.4 Å². The molecular weight excluding hydrogens is 432 g/mol. The van der Waals surface area contributed by atoms with E-state index in [-0.39, 0.29) is 29.0 Å². The number of aryl methyl sites for hydroxylation is 1. The maximum Gasteiger partial charge on any atom is 0.223 e. The molecule has 4 rings (SSSR count). The summed E-state index contributed by atoms with van der Waals surface area (Å²) < 4.78 is 25.2. The van der Waals surface area contributed by atoms with Crippen molar-refractivity contribution in [3.05, 3.63) is 102 Å². The van der Waals surface area contributed by atoms with Crippen LogP contribution in [-0.2, 0) is 14.6 Å². The quantitative estimate of drug-likeness (QED) is 0.531. The Kier molecular flexibility index (Phi) is 7.26. The van der Waals surface area contributed by atoms with Gasteiger partial charge < -0.3 is 4.90 Å². The number of hydrogen-bond acceptors (Lipinski definition) is 4. The topological polar surface area (TPSA) is 57.7 Å². The summed E-state index contributed by atoms with van der Waals surface area (Å²) in [5, 5.41) is 0. The van der Waals surface area contributed by atoms with Gasteiger partial charge in [-0.15, -0.1) is 0 Å². The Morgan fingerprint density at radius 1 is 0.788 bits per heavy atom. The third kappa shape index (κ3) is 5.70. The van der Waals surface area contributed by atoms with Crippen LogP contribution < -0.4 is 0 Å². The van der Waals surface area contributed by atoms with Gasteiger partial charge in [0.2, 0.25) is 5.91 Å². The SMILES string of the molecule is Cc1ccc(S(=O)(=O)CCC(=O)N2CCN(C(c3ccccc3)c3ccccc3)CC2)cc1. The van der Waals surface area contributed by atoms with Crippen LogP contribution in [0.3, 0.4) is 0 Å². The predicted molar refractivity (Wildman–Crippen MR) is 131 cm³/mol. The highest BCUT2D eigenvalue weighted by molar-refractivity contribution is 7.91. The maximum atomic E-state index is 12.8. The Hall–Kier alpha value is -2.96. The molecule has 0 unspecified atom stereocenters. The molecule has 0 radical (unpaired) electrons. The number of amides is 1. The van der Waals surface area contributed by atoms with Gasteiger partial charge in [-0.05, 0) is 30.2 Å². The smallest absolute Gasteiger partial charge is 0.223 e. The molecule has 0 atom stereocenters. The maximum absolute atomic E-state index is 12.8. The minimum absolute atomic E-state index is 0.0109. The van der Waals surface area contributed by atoms with E-state index in [2.05, 4.69) is 53.4 Å². The van der Waals surface area contributed by atoms with E-state index in [0.29, 0.717) is 13.1 Å². The number of benzene rings is 3. The standard InChI is InChI=1S/C27H30N2O3S/c1-22-12-14-25(15-13-22)33(31,32)21-16-26(30)28-17-19-29(20-18-28)27(23-8-4-2-5-9-23)24-10-6-3-7-11-24/h2-15,27H,16-21H2,1H3. The number of carbonyl (C=O) groups excluding carboxylic acids is 1. The van der Waals surface area contributed by atoms with E-state index in [0.717, 1.165) is 18.7 Å². The summed E-state index contributed by atoms with van der Waals surface area (Å²) in [4.78, 5) is 17.3. The van der Waals surface area contributed by atoms with Gasteiger partial charge in [0.05, 0.1) is 16.7 Å². The molecule has 1 amide bonds. The molecule has 0 aromatic heterocycles. The van der Waals surface area contributed by atoms with Gasteiger partial charge in [0, 0.05) is 32.6 Å². The molecule has 172 valence electrons. The van der Waals surface area contributed by atoms with Gasteiger partial charge >= 0.3 is 0 Å².